The number of likely N-dealkylation sites (N-methyl/N-ethyl adjacent to an activating group) is 1. The average molecular weight is 641 g/mol. The van der Waals surface area contributed by atoms with E-state index in [0.29, 0.717) is 6.92 Å². The quantitative estimate of drug-likeness (QED) is 0.298. The maximum atomic E-state index is 14.6. The Hall–Kier alpha value is -2.65. The molecule has 4 rings (SSSR count). The number of rotatable bonds is 10. The zero-order valence-electron chi connectivity index (χ0n) is 22.9. The molecule has 0 bridgehead atoms. The van der Waals surface area contributed by atoms with Crippen molar-refractivity contribution in [3.05, 3.63) is 42.2 Å². The molecule has 1 aliphatic heterocycles. The molecule has 7 nitrogen and oxygen atoms in total. The number of fused-ring (bicyclic) bond motifs is 1. The lowest BCUT2D eigenvalue weighted by Crippen LogP contribution is -2.41. The van der Waals surface area contributed by atoms with Crippen LogP contribution in [0, 0.1) is 5.82 Å². The second-order valence-corrected chi connectivity index (χ2v) is 14.2. The summed E-state index contributed by atoms with van der Waals surface area (Å²) in [4.78, 5) is 12.5. The third kappa shape index (κ3) is 7.10. The van der Waals surface area contributed by atoms with Crippen LogP contribution in [0.5, 0.6) is 5.75 Å². The van der Waals surface area contributed by atoms with E-state index in [-0.39, 0.29) is 35.0 Å². The predicted molar refractivity (Wildman–Crippen MR) is 145 cm³/mol. The summed E-state index contributed by atoms with van der Waals surface area (Å²) in [6.45, 7) is 0.287. The van der Waals surface area contributed by atoms with Crippen LogP contribution in [-0.4, -0.2) is 72.8 Å². The number of sulfonamides is 1. The van der Waals surface area contributed by atoms with E-state index in [2.05, 4.69) is 0 Å². The fourth-order valence-corrected chi connectivity index (χ4v) is 7.65. The largest absolute Gasteiger partial charge is 0.488 e. The molecule has 232 valence electrons. The Morgan fingerprint density at radius 1 is 1.17 bits per heavy atom. The van der Waals surface area contributed by atoms with Gasteiger partial charge in [-0.05, 0) is 44.5 Å². The van der Waals surface area contributed by atoms with E-state index in [1.165, 1.54) is 36.2 Å². The highest BCUT2D eigenvalue weighted by Crippen LogP contribution is 2.51. The van der Waals surface area contributed by atoms with Gasteiger partial charge in [0.25, 0.3) is 0 Å². The molecule has 2 aliphatic rings. The lowest BCUT2D eigenvalue weighted by atomic mass is 9.94. The number of carbonyl (C=O) groups is 1. The van der Waals surface area contributed by atoms with E-state index in [0.717, 1.165) is 35.1 Å². The topological polar surface area (TPSA) is 87.2 Å². The summed E-state index contributed by atoms with van der Waals surface area (Å²) >= 11 is 0.930. The zero-order valence-corrected chi connectivity index (χ0v) is 24.6. The molecule has 0 unspecified atom stereocenters. The lowest BCUT2D eigenvalue weighted by Gasteiger charge is -2.35. The van der Waals surface area contributed by atoms with Crippen molar-refractivity contribution in [3.63, 3.8) is 0 Å². The lowest BCUT2D eigenvalue weighted by molar-refractivity contribution is -0.151. The Morgan fingerprint density at radius 3 is 2.40 bits per heavy atom. The molecular formula is C27H30F6N2O5S2. The summed E-state index contributed by atoms with van der Waals surface area (Å²) in [5.74, 6) is -8.71. The van der Waals surface area contributed by atoms with E-state index >= 15 is 0 Å². The SMILES string of the molecule is CN1[C@@H](CCC(C)(F)F)CN(c2cccc(F)c2)c2cc(SC3CC(F)(F)C3)c(OC[C@](C)(F)C(=O)O)cc2S1(=O)=O. The summed E-state index contributed by atoms with van der Waals surface area (Å²) in [5, 5.41) is 8.56. The van der Waals surface area contributed by atoms with Gasteiger partial charge in [0.2, 0.25) is 27.5 Å². The van der Waals surface area contributed by atoms with Crippen molar-refractivity contribution < 1.29 is 49.4 Å². The molecule has 1 N–H and O–H groups in total. The highest BCUT2D eigenvalue weighted by molar-refractivity contribution is 8.00. The number of carboxylic acids is 1. The normalized spacial score (nSPS) is 22.0. The third-order valence-electron chi connectivity index (χ3n) is 7.21. The minimum absolute atomic E-state index is 0.000358. The van der Waals surface area contributed by atoms with Crippen LogP contribution in [0.15, 0.2) is 46.2 Å². The number of hydrogen-bond acceptors (Lipinski definition) is 6. The molecule has 1 saturated carbocycles. The highest BCUT2D eigenvalue weighted by atomic mass is 32.2. The molecule has 0 radical (unpaired) electrons. The van der Waals surface area contributed by atoms with Crippen LogP contribution in [0.1, 0.15) is 39.5 Å². The molecule has 1 fully saturated rings. The first-order valence-electron chi connectivity index (χ1n) is 13.0. The van der Waals surface area contributed by atoms with Gasteiger partial charge >= 0.3 is 5.97 Å². The number of ether oxygens (including phenoxy) is 1. The minimum Gasteiger partial charge on any atom is -0.488 e. The summed E-state index contributed by atoms with van der Waals surface area (Å²) in [6, 6.07) is 6.57. The first-order valence-corrected chi connectivity index (χ1v) is 15.3. The Labute approximate surface area is 243 Å². The maximum Gasteiger partial charge on any atom is 0.344 e. The number of carboxylic acid groups (broad SMARTS) is 1. The van der Waals surface area contributed by atoms with Crippen LogP contribution in [-0.2, 0) is 14.8 Å². The van der Waals surface area contributed by atoms with Gasteiger partial charge in [-0.1, -0.05) is 6.07 Å². The van der Waals surface area contributed by atoms with Crippen LogP contribution in [0.2, 0.25) is 0 Å². The van der Waals surface area contributed by atoms with Crippen molar-refractivity contribution in [3.8, 4) is 5.75 Å². The maximum absolute atomic E-state index is 14.6. The number of thioether (sulfide) groups is 1. The summed E-state index contributed by atoms with van der Waals surface area (Å²) < 4.78 is 118. The number of anilines is 2. The van der Waals surface area contributed by atoms with E-state index < -0.39 is 81.4 Å². The summed E-state index contributed by atoms with van der Waals surface area (Å²) in [5.41, 5.74) is -2.66. The van der Waals surface area contributed by atoms with Crippen molar-refractivity contribution in [2.24, 2.45) is 0 Å². The number of alkyl halides is 5. The number of aliphatic carboxylic acids is 1. The molecule has 2 aromatic rings. The van der Waals surface area contributed by atoms with Gasteiger partial charge in [-0.15, -0.1) is 11.8 Å². The van der Waals surface area contributed by atoms with Crippen molar-refractivity contribution in [1.29, 1.82) is 0 Å². The van der Waals surface area contributed by atoms with Gasteiger partial charge in [0.1, 0.15) is 23.1 Å². The van der Waals surface area contributed by atoms with Gasteiger partial charge in [0.05, 0.1) is 10.6 Å². The molecule has 15 heteroatoms. The fraction of sp³-hybridized carbons (Fsp3) is 0.519. The third-order valence-corrected chi connectivity index (χ3v) is 10.4. The number of benzene rings is 2. The first kappa shape index (κ1) is 32.3. The molecule has 0 spiro atoms. The number of hydrogen-bond donors (Lipinski definition) is 1. The summed E-state index contributed by atoms with van der Waals surface area (Å²) in [7, 11) is -3.22. The van der Waals surface area contributed by atoms with Crippen molar-refractivity contribution >= 4 is 39.1 Å². The van der Waals surface area contributed by atoms with E-state index in [1.807, 2.05) is 0 Å². The Morgan fingerprint density at radius 2 is 1.83 bits per heavy atom. The molecule has 1 aliphatic carbocycles. The van der Waals surface area contributed by atoms with Gasteiger partial charge in [-0.2, -0.15) is 4.31 Å². The monoisotopic (exact) mass is 640 g/mol. The minimum atomic E-state index is -4.44. The Bertz CT molecular complexity index is 1440. The Balaban J connectivity index is 1.87. The van der Waals surface area contributed by atoms with Crippen LogP contribution in [0.3, 0.4) is 0 Å². The van der Waals surface area contributed by atoms with Gasteiger partial charge < -0.3 is 14.7 Å². The fourth-order valence-electron chi connectivity index (χ4n) is 4.65. The second-order valence-electron chi connectivity index (χ2n) is 10.9. The molecule has 0 amide bonds. The van der Waals surface area contributed by atoms with Gasteiger partial charge in [0, 0.05) is 55.9 Å². The van der Waals surface area contributed by atoms with Crippen LogP contribution < -0.4 is 9.64 Å². The van der Waals surface area contributed by atoms with Crippen LogP contribution in [0.25, 0.3) is 0 Å². The zero-order chi connectivity index (χ0) is 31.3. The van der Waals surface area contributed by atoms with E-state index in [1.54, 1.807) is 0 Å². The number of halogens is 6. The second kappa shape index (κ2) is 11.5. The highest BCUT2D eigenvalue weighted by Gasteiger charge is 2.47. The van der Waals surface area contributed by atoms with Crippen molar-refractivity contribution in [2.45, 2.75) is 78.1 Å². The molecule has 2 aromatic carbocycles. The Kier molecular flexibility index (Phi) is 8.80. The van der Waals surface area contributed by atoms with E-state index in [4.69, 9.17) is 9.84 Å². The predicted octanol–water partition coefficient (Wildman–Crippen LogP) is 6.48. The molecule has 0 saturated heterocycles. The van der Waals surface area contributed by atoms with Gasteiger partial charge in [-0.3, -0.25) is 0 Å². The first-order chi connectivity index (χ1) is 19.3. The van der Waals surface area contributed by atoms with Crippen molar-refractivity contribution in [1.82, 2.24) is 4.31 Å². The number of nitrogens with zero attached hydrogens (tertiary/aromatic N) is 2. The van der Waals surface area contributed by atoms with Gasteiger partial charge in [-0.25, -0.2) is 39.6 Å². The average Bonchev–Trinajstić information content (AvgIpc) is 2.92. The molecule has 2 atom stereocenters. The standard InChI is InChI=1S/C27H30F6N2O5S2/c1-25(29,24(36)37)15-40-21-11-23-20(10-22(21)41-19-12-27(32,33)13-19)35(17-6-4-5-16(28)9-17)14-18(7-8-26(2,30)31)34(3)42(23,38)39/h4-6,9-11,18-19H,7-8,12-15H2,1-3H3,(H,36,37)/t18-,25-/m0/s1. The van der Waals surface area contributed by atoms with Crippen molar-refractivity contribution in [2.75, 3.05) is 25.1 Å². The van der Waals surface area contributed by atoms with Crippen LogP contribution >= 0.6 is 11.8 Å². The summed E-state index contributed by atoms with van der Waals surface area (Å²) in [6.07, 6.45) is -1.85. The molecule has 42 heavy (non-hydrogen) atoms. The van der Waals surface area contributed by atoms with E-state index in [9.17, 15) is 39.6 Å². The molecule has 1 heterocycles. The van der Waals surface area contributed by atoms with Gasteiger partial charge in [0.15, 0.2) is 0 Å². The molecule has 0 aromatic heterocycles. The van der Waals surface area contributed by atoms with Crippen LogP contribution in [0.4, 0.5) is 37.7 Å². The smallest absolute Gasteiger partial charge is 0.344 e. The molecular weight excluding hydrogens is 610 g/mol.